The molecule has 0 unspecified atom stereocenters. The molecule has 0 saturated heterocycles. The second kappa shape index (κ2) is 8.71. The first kappa shape index (κ1) is 20.8. The number of hydrogen-bond donors (Lipinski definition) is 2. The Balaban J connectivity index is 1.46. The molecule has 0 radical (unpaired) electrons. The van der Waals surface area contributed by atoms with Crippen molar-refractivity contribution in [2.75, 3.05) is 17.7 Å². The highest BCUT2D eigenvalue weighted by Gasteiger charge is 2.17. The standard InChI is InChI=1S/C23H16Cl2N2O4/c1-30-21-17(11-14(24)12-18(21)25)22(28)26-15-6-8-16(9-7-15)27-23(29)20-10-13-4-2-3-5-19(13)31-20/h2-12H,1H3,(H,26,28)(H,27,29). The zero-order valence-corrected chi connectivity index (χ0v) is 17.8. The van der Waals surface area contributed by atoms with E-state index >= 15 is 0 Å². The van der Waals surface area contributed by atoms with Gasteiger partial charge in [-0.05, 0) is 48.5 Å². The van der Waals surface area contributed by atoms with Gasteiger partial charge < -0.3 is 19.8 Å². The van der Waals surface area contributed by atoms with Crippen LogP contribution in [0.25, 0.3) is 11.0 Å². The average Bonchev–Trinajstić information content (AvgIpc) is 3.19. The smallest absolute Gasteiger partial charge is 0.291 e. The van der Waals surface area contributed by atoms with Gasteiger partial charge in [0.2, 0.25) is 0 Å². The van der Waals surface area contributed by atoms with Crippen molar-refractivity contribution in [1.29, 1.82) is 0 Å². The first-order valence-electron chi connectivity index (χ1n) is 9.19. The number of carbonyl (C=O) groups is 2. The molecule has 8 heteroatoms. The Hall–Kier alpha value is -3.48. The highest BCUT2D eigenvalue weighted by Crippen LogP contribution is 2.32. The van der Waals surface area contributed by atoms with Gasteiger partial charge in [-0.2, -0.15) is 0 Å². The van der Waals surface area contributed by atoms with E-state index in [1.54, 1.807) is 36.4 Å². The molecular formula is C23H16Cl2N2O4. The van der Waals surface area contributed by atoms with Crippen LogP contribution in [0.4, 0.5) is 11.4 Å². The number of anilines is 2. The zero-order chi connectivity index (χ0) is 22.0. The minimum absolute atomic E-state index is 0.210. The number of hydrogen-bond acceptors (Lipinski definition) is 4. The Morgan fingerprint density at radius 1 is 0.871 bits per heavy atom. The molecule has 1 aromatic heterocycles. The summed E-state index contributed by atoms with van der Waals surface area (Å²) in [6.07, 6.45) is 0. The SMILES string of the molecule is COc1c(Cl)cc(Cl)cc1C(=O)Nc1ccc(NC(=O)c2cc3ccccc3o2)cc1. The van der Waals surface area contributed by atoms with E-state index in [2.05, 4.69) is 10.6 Å². The van der Waals surface area contributed by atoms with Gasteiger partial charge in [0.15, 0.2) is 5.76 Å². The minimum Gasteiger partial charge on any atom is -0.494 e. The first-order valence-corrected chi connectivity index (χ1v) is 9.94. The monoisotopic (exact) mass is 454 g/mol. The third-order valence-electron chi connectivity index (χ3n) is 4.51. The van der Waals surface area contributed by atoms with E-state index in [0.29, 0.717) is 22.0 Å². The van der Waals surface area contributed by atoms with Crippen molar-refractivity contribution in [2.24, 2.45) is 0 Å². The molecule has 0 spiro atoms. The van der Waals surface area contributed by atoms with Crippen molar-refractivity contribution in [1.82, 2.24) is 0 Å². The predicted molar refractivity (Wildman–Crippen MR) is 122 cm³/mol. The molecule has 0 fully saturated rings. The molecule has 2 amide bonds. The highest BCUT2D eigenvalue weighted by molar-refractivity contribution is 6.36. The van der Waals surface area contributed by atoms with Crippen molar-refractivity contribution in [2.45, 2.75) is 0 Å². The van der Waals surface area contributed by atoms with Gasteiger partial charge in [-0.25, -0.2) is 0 Å². The molecule has 0 saturated carbocycles. The fourth-order valence-corrected chi connectivity index (χ4v) is 3.63. The normalized spacial score (nSPS) is 10.7. The van der Waals surface area contributed by atoms with Crippen molar-refractivity contribution in [3.8, 4) is 5.75 Å². The second-order valence-corrected chi connectivity index (χ2v) is 7.45. The summed E-state index contributed by atoms with van der Waals surface area (Å²) in [6, 6.07) is 18.7. The fraction of sp³-hybridized carbons (Fsp3) is 0.0435. The molecule has 3 aromatic carbocycles. The molecule has 31 heavy (non-hydrogen) atoms. The lowest BCUT2D eigenvalue weighted by molar-refractivity contribution is 0.0996. The molecule has 4 aromatic rings. The summed E-state index contributed by atoms with van der Waals surface area (Å²) in [6.45, 7) is 0. The Kier molecular flexibility index (Phi) is 5.84. The average molecular weight is 455 g/mol. The lowest BCUT2D eigenvalue weighted by atomic mass is 10.1. The first-order chi connectivity index (χ1) is 14.9. The van der Waals surface area contributed by atoms with Crippen LogP contribution in [0.3, 0.4) is 0 Å². The largest absolute Gasteiger partial charge is 0.494 e. The molecule has 0 aliphatic heterocycles. The minimum atomic E-state index is -0.430. The van der Waals surface area contributed by atoms with E-state index in [0.717, 1.165) is 5.39 Å². The maximum atomic E-state index is 12.6. The van der Waals surface area contributed by atoms with Crippen molar-refractivity contribution >= 4 is 57.4 Å². The van der Waals surface area contributed by atoms with Gasteiger partial charge in [0.1, 0.15) is 11.3 Å². The van der Waals surface area contributed by atoms with Crippen molar-refractivity contribution < 1.29 is 18.7 Å². The molecule has 0 aliphatic rings. The zero-order valence-electron chi connectivity index (χ0n) is 16.2. The fourth-order valence-electron chi connectivity index (χ4n) is 3.06. The van der Waals surface area contributed by atoms with Crippen LogP contribution in [-0.4, -0.2) is 18.9 Å². The van der Waals surface area contributed by atoms with E-state index in [-0.39, 0.29) is 28.0 Å². The van der Waals surface area contributed by atoms with Crippen LogP contribution in [0.1, 0.15) is 20.9 Å². The third kappa shape index (κ3) is 4.50. The van der Waals surface area contributed by atoms with Gasteiger partial charge >= 0.3 is 0 Å². The van der Waals surface area contributed by atoms with Crippen LogP contribution in [0.2, 0.25) is 10.0 Å². The maximum absolute atomic E-state index is 12.6. The molecule has 1 heterocycles. The molecule has 6 nitrogen and oxygen atoms in total. The summed E-state index contributed by atoms with van der Waals surface area (Å²) < 4.78 is 10.8. The molecule has 4 rings (SSSR count). The molecule has 2 N–H and O–H groups in total. The maximum Gasteiger partial charge on any atom is 0.291 e. The summed E-state index contributed by atoms with van der Waals surface area (Å²) in [7, 11) is 1.42. The van der Waals surface area contributed by atoms with E-state index in [4.69, 9.17) is 32.4 Å². The molecule has 0 atom stereocenters. The molecule has 156 valence electrons. The number of para-hydroxylation sites is 1. The van der Waals surface area contributed by atoms with E-state index in [1.165, 1.54) is 19.2 Å². The number of carbonyl (C=O) groups excluding carboxylic acids is 2. The van der Waals surface area contributed by atoms with Crippen LogP contribution in [-0.2, 0) is 0 Å². The Bertz CT molecular complexity index is 1250. The number of furan rings is 1. The van der Waals surface area contributed by atoms with Gasteiger partial charge in [0, 0.05) is 21.8 Å². The van der Waals surface area contributed by atoms with Crippen molar-refractivity contribution in [3.63, 3.8) is 0 Å². The number of methoxy groups -OCH3 is 1. The van der Waals surface area contributed by atoms with Crippen LogP contribution in [0.5, 0.6) is 5.75 Å². The van der Waals surface area contributed by atoms with Crippen LogP contribution in [0, 0.1) is 0 Å². The van der Waals surface area contributed by atoms with Gasteiger partial charge in [-0.15, -0.1) is 0 Å². The van der Waals surface area contributed by atoms with Crippen LogP contribution in [0.15, 0.2) is 71.1 Å². The molecule has 0 aliphatic carbocycles. The lowest BCUT2D eigenvalue weighted by Crippen LogP contribution is -2.14. The summed E-state index contributed by atoms with van der Waals surface area (Å²) in [5, 5.41) is 6.92. The topological polar surface area (TPSA) is 80.6 Å². The number of fused-ring (bicyclic) bond motifs is 1. The van der Waals surface area contributed by atoms with E-state index in [1.807, 2.05) is 18.2 Å². The number of amides is 2. The van der Waals surface area contributed by atoms with Gasteiger partial charge in [0.25, 0.3) is 11.8 Å². The van der Waals surface area contributed by atoms with Gasteiger partial charge in [-0.3, -0.25) is 9.59 Å². The number of benzene rings is 3. The number of halogens is 2. The Morgan fingerprint density at radius 3 is 2.16 bits per heavy atom. The quantitative estimate of drug-likeness (QED) is 0.373. The second-order valence-electron chi connectivity index (χ2n) is 6.60. The van der Waals surface area contributed by atoms with Gasteiger partial charge in [-0.1, -0.05) is 41.4 Å². The van der Waals surface area contributed by atoms with Crippen LogP contribution < -0.4 is 15.4 Å². The van der Waals surface area contributed by atoms with Gasteiger partial charge in [0.05, 0.1) is 17.7 Å². The third-order valence-corrected chi connectivity index (χ3v) is 5.01. The Morgan fingerprint density at radius 2 is 1.52 bits per heavy atom. The Labute approximate surface area is 187 Å². The number of rotatable bonds is 5. The molecular weight excluding hydrogens is 439 g/mol. The highest BCUT2D eigenvalue weighted by atomic mass is 35.5. The van der Waals surface area contributed by atoms with Crippen LogP contribution >= 0.6 is 23.2 Å². The number of nitrogens with one attached hydrogen (secondary N) is 2. The number of ether oxygens (including phenoxy) is 1. The van der Waals surface area contributed by atoms with Crippen molar-refractivity contribution in [3.05, 3.63) is 88.1 Å². The summed E-state index contributed by atoms with van der Waals surface area (Å²) >= 11 is 12.1. The van der Waals surface area contributed by atoms with E-state index in [9.17, 15) is 9.59 Å². The summed E-state index contributed by atoms with van der Waals surface area (Å²) in [5.74, 6) is -0.353. The lowest BCUT2D eigenvalue weighted by Gasteiger charge is -2.12. The predicted octanol–water partition coefficient (Wildman–Crippen LogP) is 6.25. The van der Waals surface area contributed by atoms with E-state index < -0.39 is 5.91 Å². The summed E-state index contributed by atoms with van der Waals surface area (Å²) in [4.78, 5) is 25.1. The molecule has 0 bridgehead atoms. The summed E-state index contributed by atoms with van der Waals surface area (Å²) in [5.41, 5.74) is 1.92.